The molecular weight excluding hydrogens is 638 g/mol. The minimum absolute atomic E-state index is 0.148. The van der Waals surface area contributed by atoms with Crippen LogP contribution in [-0.4, -0.2) is 41.7 Å². The zero-order chi connectivity index (χ0) is 31.9. The molecule has 0 aliphatic heterocycles. The molecule has 10 nitrogen and oxygen atoms in total. The van der Waals surface area contributed by atoms with Gasteiger partial charge in [-0.3, -0.25) is 9.97 Å². The second-order valence-electron chi connectivity index (χ2n) is 8.83. The molecule has 0 amide bonds. The number of sulfonamides is 2. The Labute approximate surface area is 245 Å². The molecule has 0 atom stereocenters. The van der Waals surface area contributed by atoms with Crippen molar-refractivity contribution in [2.24, 2.45) is 0 Å². The van der Waals surface area contributed by atoms with Crippen molar-refractivity contribution in [2.45, 2.75) is 22.1 Å². The Kier molecular flexibility index (Phi) is 7.66. The summed E-state index contributed by atoms with van der Waals surface area (Å²) >= 11 is 0. The first-order valence-electron chi connectivity index (χ1n) is 12.1. The van der Waals surface area contributed by atoms with Gasteiger partial charge in [0.2, 0.25) is 11.6 Å². The summed E-state index contributed by atoms with van der Waals surface area (Å²) in [5.41, 5.74) is -3.17. The molecule has 0 N–H and O–H groups in total. The fourth-order valence-electron chi connectivity index (χ4n) is 3.93. The molecule has 3 aromatic heterocycles. The van der Waals surface area contributed by atoms with E-state index in [0.29, 0.717) is 28.9 Å². The highest BCUT2D eigenvalue weighted by atomic mass is 32.3. The van der Waals surface area contributed by atoms with E-state index in [1.165, 1.54) is 48.8 Å². The van der Waals surface area contributed by atoms with Crippen molar-refractivity contribution >= 4 is 20.0 Å². The fourth-order valence-corrected chi connectivity index (χ4v) is 7.64. The topological polar surface area (TPSA) is 128 Å². The van der Waals surface area contributed by atoms with Crippen LogP contribution in [0.15, 0.2) is 107 Å². The number of nitrogens with zero attached hydrogens (tertiary/aromatic N) is 6. The van der Waals surface area contributed by atoms with Gasteiger partial charge in [-0.2, -0.15) is 47.9 Å². The van der Waals surface area contributed by atoms with E-state index in [4.69, 9.17) is 0 Å². The molecule has 0 fully saturated rings. The van der Waals surface area contributed by atoms with Gasteiger partial charge in [-0.15, -0.1) is 10.2 Å². The lowest BCUT2D eigenvalue weighted by Crippen LogP contribution is -2.46. The molecular formula is C26H16F6N6O4S2. The number of halogens is 6. The van der Waals surface area contributed by atoms with Crippen LogP contribution in [0, 0.1) is 0 Å². The van der Waals surface area contributed by atoms with E-state index in [-0.39, 0.29) is 27.3 Å². The molecule has 2 aromatic carbocycles. The predicted octanol–water partition coefficient (Wildman–Crippen LogP) is 5.16. The first kappa shape index (κ1) is 30.6. The molecule has 44 heavy (non-hydrogen) atoms. The van der Waals surface area contributed by atoms with Crippen LogP contribution >= 0.6 is 0 Å². The van der Waals surface area contributed by atoms with Crippen molar-refractivity contribution in [1.29, 1.82) is 0 Å². The minimum atomic E-state index is -5.63. The number of aromatic nitrogens is 5. The summed E-state index contributed by atoms with van der Waals surface area (Å²) in [7, 11) is -11.3. The summed E-state index contributed by atoms with van der Waals surface area (Å²) in [5, 5.41) is 7.78. The molecule has 0 spiro atoms. The van der Waals surface area contributed by atoms with E-state index in [0.717, 1.165) is 12.1 Å². The first-order chi connectivity index (χ1) is 20.6. The van der Waals surface area contributed by atoms with Crippen molar-refractivity contribution in [3.05, 3.63) is 108 Å². The van der Waals surface area contributed by atoms with E-state index in [1.807, 2.05) is 0 Å². The Hall–Kier alpha value is -4.84. The lowest BCUT2D eigenvalue weighted by Gasteiger charge is -2.27. The molecule has 5 rings (SSSR count). The molecule has 0 bridgehead atoms. The maximum Gasteiger partial charge on any atom is 0.416 e. The van der Waals surface area contributed by atoms with Crippen molar-refractivity contribution in [1.82, 2.24) is 24.8 Å². The molecule has 18 heteroatoms. The van der Waals surface area contributed by atoms with Gasteiger partial charge in [-0.1, -0.05) is 28.1 Å². The summed E-state index contributed by atoms with van der Waals surface area (Å²) in [4.78, 5) is 5.77. The van der Waals surface area contributed by atoms with Crippen LogP contribution in [0.25, 0.3) is 23.0 Å². The third-order valence-electron chi connectivity index (χ3n) is 5.92. The molecule has 5 aromatic rings. The largest absolute Gasteiger partial charge is 0.416 e. The summed E-state index contributed by atoms with van der Waals surface area (Å²) in [6, 6.07) is 12.8. The second kappa shape index (κ2) is 11.0. The van der Waals surface area contributed by atoms with Crippen LogP contribution in [0.3, 0.4) is 0 Å². The summed E-state index contributed by atoms with van der Waals surface area (Å²) in [6.45, 7) is 0. The molecule has 0 saturated carbocycles. The minimum Gasteiger partial charge on any atom is -0.253 e. The third kappa shape index (κ3) is 5.72. The Bertz CT molecular complexity index is 1890. The van der Waals surface area contributed by atoms with Gasteiger partial charge >= 0.3 is 12.4 Å². The van der Waals surface area contributed by atoms with Crippen LogP contribution in [0.4, 0.5) is 26.3 Å². The normalized spacial score (nSPS) is 12.7. The van der Waals surface area contributed by atoms with Crippen LogP contribution in [0.1, 0.15) is 11.1 Å². The zero-order valence-corrected chi connectivity index (χ0v) is 23.3. The fraction of sp³-hybridized carbons (Fsp3) is 0.0769. The van der Waals surface area contributed by atoms with E-state index in [2.05, 4.69) is 20.2 Å². The van der Waals surface area contributed by atoms with Gasteiger partial charge in [0.15, 0.2) is 0 Å². The van der Waals surface area contributed by atoms with E-state index in [9.17, 15) is 43.2 Å². The number of rotatable bonds is 7. The van der Waals surface area contributed by atoms with Gasteiger partial charge in [-0.05, 0) is 60.7 Å². The molecule has 3 heterocycles. The number of hydrogen-bond acceptors (Lipinski definition) is 8. The van der Waals surface area contributed by atoms with Crippen molar-refractivity contribution in [2.75, 3.05) is 3.82 Å². The van der Waals surface area contributed by atoms with Gasteiger partial charge in [0, 0.05) is 12.4 Å². The van der Waals surface area contributed by atoms with Gasteiger partial charge in [0.1, 0.15) is 11.4 Å². The average molecular weight is 655 g/mol. The number of pyridine rings is 2. The van der Waals surface area contributed by atoms with Crippen molar-refractivity contribution in [3.63, 3.8) is 0 Å². The van der Waals surface area contributed by atoms with Gasteiger partial charge in [0.05, 0.1) is 20.9 Å². The standard InChI is InChI=1S/C26H16F6N6O4S2/c27-25(28,29)17-7-5-9-19(15-17)43(39,40)38(44(41,42)20-10-6-8-18(16-20)26(30,31)32)37-23(21-11-1-3-13-33-21)35-36-24(37)22-12-2-4-14-34-22/h1-16H. The highest BCUT2D eigenvalue weighted by Crippen LogP contribution is 2.36. The van der Waals surface area contributed by atoms with Gasteiger partial charge in [0.25, 0.3) is 20.0 Å². The lowest BCUT2D eigenvalue weighted by atomic mass is 10.2. The quantitative estimate of drug-likeness (QED) is 0.221. The van der Waals surface area contributed by atoms with Crippen LogP contribution in [0.2, 0.25) is 0 Å². The molecule has 0 saturated heterocycles. The highest BCUT2D eigenvalue weighted by Gasteiger charge is 2.43. The molecule has 228 valence electrons. The maximum atomic E-state index is 14.2. The molecule has 0 radical (unpaired) electrons. The maximum absolute atomic E-state index is 14.2. The molecule has 0 aliphatic carbocycles. The SMILES string of the molecule is O=S(=O)(c1cccc(C(F)(F)F)c1)N(n1c(-c2ccccn2)nnc1-c1ccccn1)S(=O)(=O)c1cccc(C(F)(F)F)c1. The van der Waals surface area contributed by atoms with E-state index >= 15 is 0 Å². The summed E-state index contributed by atoms with van der Waals surface area (Å²) in [5.74, 6) is -1.09. The van der Waals surface area contributed by atoms with E-state index in [1.54, 1.807) is 0 Å². The average Bonchev–Trinajstić information content (AvgIpc) is 3.41. The Morgan fingerprint density at radius 3 is 1.32 bits per heavy atom. The smallest absolute Gasteiger partial charge is 0.253 e. The predicted molar refractivity (Wildman–Crippen MR) is 142 cm³/mol. The second-order valence-corrected chi connectivity index (χ2v) is 12.6. The van der Waals surface area contributed by atoms with E-state index < -0.39 is 65.0 Å². The summed E-state index contributed by atoms with van der Waals surface area (Å²) < 4.78 is 138. The number of alkyl halides is 6. The van der Waals surface area contributed by atoms with Gasteiger partial charge < -0.3 is 0 Å². The Morgan fingerprint density at radius 1 is 0.568 bits per heavy atom. The van der Waals surface area contributed by atoms with Crippen molar-refractivity contribution in [3.8, 4) is 23.0 Å². The highest BCUT2D eigenvalue weighted by molar-refractivity contribution is 8.09. The number of hydrogen-bond donors (Lipinski definition) is 0. The van der Waals surface area contributed by atoms with Crippen molar-refractivity contribution < 1.29 is 43.2 Å². The monoisotopic (exact) mass is 654 g/mol. The Morgan fingerprint density at radius 2 is 0.977 bits per heavy atom. The lowest BCUT2D eigenvalue weighted by molar-refractivity contribution is -0.138. The van der Waals surface area contributed by atoms with Crippen LogP contribution < -0.4 is 3.82 Å². The number of benzene rings is 2. The molecule has 0 aliphatic rings. The van der Waals surface area contributed by atoms with Crippen LogP contribution in [0.5, 0.6) is 0 Å². The third-order valence-corrected chi connectivity index (χ3v) is 9.95. The Balaban J connectivity index is 1.89. The zero-order valence-electron chi connectivity index (χ0n) is 21.6. The first-order valence-corrected chi connectivity index (χ1v) is 14.9. The molecule has 0 unspecified atom stereocenters. The summed E-state index contributed by atoms with van der Waals surface area (Å²) in [6.07, 6.45) is -7.57. The van der Waals surface area contributed by atoms with Crippen LogP contribution in [-0.2, 0) is 32.4 Å². The van der Waals surface area contributed by atoms with Gasteiger partial charge in [-0.25, -0.2) is 0 Å².